The highest BCUT2D eigenvalue weighted by Crippen LogP contribution is 2.17. The zero-order valence-corrected chi connectivity index (χ0v) is 10.2. The number of esters is 1. The number of carbonyl (C=O) groups is 3. The molecule has 0 aliphatic carbocycles. The number of hydrogen-bond acceptors (Lipinski definition) is 4. The van der Waals surface area contributed by atoms with Crippen molar-refractivity contribution in [2.75, 3.05) is 20.2 Å². The van der Waals surface area contributed by atoms with Gasteiger partial charge in [0.15, 0.2) is 0 Å². The first kappa shape index (κ1) is 13.5. The molecular formula is C11H18N2O4. The molecule has 0 aromatic heterocycles. The molecule has 1 rings (SSSR count). The van der Waals surface area contributed by atoms with Crippen LogP contribution in [0.2, 0.25) is 0 Å². The molecule has 96 valence electrons. The van der Waals surface area contributed by atoms with Crippen molar-refractivity contribution in [1.82, 2.24) is 10.2 Å². The van der Waals surface area contributed by atoms with E-state index in [4.69, 9.17) is 0 Å². The van der Waals surface area contributed by atoms with Crippen LogP contribution >= 0.6 is 0 Å². The smallest absolute Gasteiger partial charge is 0.397 e. The summed E-state index contributed by atoms with van der Waals surface area (Å²) < 4.78 is 4.66. The number of rotatable bonds is 2. The molecule has 2 amide bonds. The van der Waals surface area contributed by atoms with Gasteiger partial charge in [0.05, 0.1) is 6.61 Å². The molecule has 1 heterocycles. The van der Waals surface area contributed by atoms with Crippen LogP contribution in [0.5, 0.6) is 0 Å². The number of piperidine rings is 1. The Morgan fingerprint density at radius 3 is 2.65 bits per heavy atom. The standard InChI is InChI=1S/C11H18N2O4/c1-3-17-11(16)10(15)13-7-5-4-6-8(13)9(14)12-2/h8H,3-7H2,1-2H3,(H,12,14). The molecule has 1 saturated heterocycles. The molecule has 6 nitrogen and oxygen atoms in total. The summed E-state index contributed by atoms with van der Waals surface area (Å²) in [7, 11) is 1.52. The van der Waals surface area contributed by atoms with E-state index in [0.717, 1.165) is 12.8 Å². The molecule has 0 aromatic carbocycles. The molecule has 1 fully saturated rings. The average Bonchev–Trinajstić information content (AvgIpc) is 2.37. The second-order valence-corrected chi connectivity index (χ2v) is 3.84. The van der Waals surface area contributed by atoms with Gasteiger partial charge in [-0.1, -0.05) is 0 Å². The predicted octanol–water partition coefficient (Wildman–Crippen LogP) is -0.323. The third kappa shape index (κ3) is 3.18. The van der Waals surface area contributed by atoms with Crippen LogP contribution in [0.15, 0.2) is 0 Å². The Labute approximate surface area is 100 Å². The first-order valence-corrected chi connectivity index (χ1v) is 5.81. The topological polar surface area (TPSA) is 75.7 Å². The fraction of sp³-hybridized carbons (Fsp3) is 0.727. The quantitative estimate of drug-likeness (QED) is 0.531. The molecular weight excluding hydrogens is 224 g/mol. The summed E-state index contributed by atoms with van der Waals surface area (Å²) in [6.45, 7) is 2.22. The summed E-state index contributed by atoms with van der Waals surface area (Å²) >= 11 is 0. The Balaban J connectivity index is 2.74. The number of likely N-dealkylation sites (tertiary alicyclic amines) is 1. The van der Waals surface area contributed by atoms with E-state index in [1.54, 1.807) is 6.92 Å². The first-order valence-electron chi connectivity index (χ1n) is 5.81. The Bertz CT molecular complexity index is 317. The Hall–Kier alpha value is -1.59. The SMILES string of the molecule is CCOC(=O)C(=O)N1CCCCC1C(=O)NC. The van der Waals surface area contributed by atoms with Crippen molar-refractivity contribution in [3.63, 3.8) is 0 Å². The lowest BCUT2D eigenvalue weighted by Gasteiger charge is -2.33. The van der Waals surface area contributed by atoms with Gasteiger partial charge in [0, 0.05) is 13.6 Å². The zero-order valence-electron chi connectivity index (χ0n) is 10.2. The molecule has 1 N–H and O–H groups in total. The summed E-state index contributed by atoms with van der Waals surface area (Å²) in [6.07, 6.45) is 2.27. The van der Waals surface area contributed by atoms with Crippen molar-refractivity contribution in [2.45, 2.75) is 32.2 Å². The minimum atomic E-state index is -0.886. The highest BCUT2D eigenvalue weighted by atomic mass is 16.5. The highest BCUT2D eigenvalue weighted by Gasteiger charge is 2.35. The van der Waals surface area contributed by atoms with E-state index in [-0.39, 0.29) is 12.5 Å². The monoisotopic (exact) mass is 242 g/mol. The normalized spacial score (nSPS) is 19.6. The minimum absolute atomic E-state index is 0.156. The Morgan fingerprint density at radius 2 is 2.06 bits per heavy atom. The molecule has 1 atom stereocenters. The maximum Gasteiger partial charge on any atom is 0.397 e. The van der Waals surface area contributed by atoms with Gasteiger partial charge in [0.25, 0.3) is 0 Å². The summed E-state index contributed by atoms with van der Waals surface area (Å²) in [5.74, 6) is -1.84. The van der Waals surface area contributed by atoms with Crippen molar-refractivity contribution >= 4 is 17.8 Å². The average molecular weight is 242 g/mol. The van der Waals surface area contributed by atoms with Crippen LogP contribution in [-0.2, 0) is 19.1 Å². The fourth-order valence-corrected chi connectivity index (χ4v) is 1.92. The van der Waals surface area contributed by atoms with E-state index in [2.05, 4.69) is 10.1 Å². The van der Waals surface area contributed by atoms with Crippen molar-refractivity contribution in [2.24, 2.45) is 0 Å². The lowest BCUT2D eigenvalue weighted by atomic mass is 10.0. The van der Waals surface area contributed by atoms with Crippen LogP contribution in [0.4, 0.5) is 0 Å². The Kier molecular flexibility index (Phi) is 4.93. The maximum atomic E-state index is 11.8. The first-order chi connectivity index (χ1) is 8.11. The van der Waals surface area contributed by atoms with Crippen molar-refractivity contribution in [1.29, 1.82) is 0 Å². The van der Waals surface area contributed by atoms with Crippen LogP contribution in [0.3, 0.4) is 0 Å². The van der Waals surface area contributed by atoms with E-state index >= 15 is 0 Å². The predicted molar refractivity (Wildman–Crippen MR) is 60.1 cm³/mol. The van der Waals surface area contributed by atoms with Gasteiger partial charge < -0.3 is 15.0 Å². The molecule has 1 unspecified atom stereocenters. The molecule has 0 spiro atoms. The van der Waals surface area contributed by atoms with E-state index in [9.17, 15) is 14.4 Å². The van der Waals surface area contributed by atoms with Gasteiger partial charge in [0.1, 0.15) is 6.04 Å². The van der Waals surface area contributed by atoms with Crippen LogP contribution in [0, 0.1) is 0 Å². The number of nitrogens with zero attached hydrogens (tertiary/aromatic N) is 1. The third-order valence-electron chi connectivity index (χ3n) is 2.76. The second kappa shape index (κ2) is 6.22. The van der Waals surface area contributed by atoms with E-state index in [1.807, 2.05) is 0 Å². The number of amides is 2. The molecule has 6 heteroatoms. The van der Waals surface area contributed by atoms with Gasteiger partial charge in [-0.3, -0.25) is 9.59 Å². The zero-order chi connectivity index (χ0) is 12.8. The minimum Gasteiger partial charge on any atom is -0.459 e. The van der Waals surface area contributed by atoms with Gasteiger partial charge >= 0.3 is 11.9 Å². The number of carbonyl (C=O) groups excluding carboxylic acids is 3. The number of ether oxygens (including phenoxy) is 1. The van der Waals surface area contributed by atoms with Crippen molar-refractivity contribution < 1.29 is 19.1 Å². The lowest BCUT2D eigenvalue weighted by Crippen LogP contribution is -2.53. The van der Waals surface area contributed by atoms with Crippen molar-refractivity contribution in [3.05, 3.63) is 0 Å². The van der Waals surface area contributed by atoms with E-state index in [0.29, 0.717) is 13.0 Å². The van der Waals surface area contributed by atoms with Crippen molar-refractivity contribution in [3.8, 4) is 0 Å². The van der Waals surface area contributed by atoms with E-state index < -0.39 is 17.9 Å². The van der Waals surface area contributed by atoms with Crippen LogP contribution in [-0.4, -0.2) is 48.9 Å². The van der Waals surface area contributed by atoms with Crippen LogP contribution < -0.4 is 5.32 Å². The number of nitrogens with one attached hydrogen (secondary N) is 1. The van der Waals surface area contributed by atoms with Crippen LogP contribution in [0.25, 0.3) is 0 Å². The van der Waals surface area contributed by atoms with E-state index in [1.165, 1.54) is 11.9 Å². The van der Waals surface area contributed by atoms with Gasteiger partial charge in [-0.25, -0.2) is 4.79 Å². The second-order valence-electron chi connectivity index (χ2n) is 3.84. The van der Waals surface area contributed by atoms with Gasteiger partial charge in [-0.05, 0) is 26.2 Å². The highest BCUT2D eigenvalue weighted by molar-refractivity contribution is 6.32. The van der Waals surface area contributed by atoms with Crippen LogP contribution in [0.1, 0.15) is 26.2 Å². The molecule has 1 aliphatic heterocycles. The number of likely N-dealkylation sites (N-methyl/N-ethyl adjacent to an activating group) is 1. The number of hydrogen-bond donors (Lipinski definition) is 1. The summed E-state index contributed by atoms with van der Waals surface area (Å²) in [6, 6.07) is -0.550. The molecule has 17 heavy (non-hydrogen) atoms. The summed E-state index contributed by atoms with van der Waals surface area (Å²) in [5.41, 5.74) is 0. The fourth-order valence-electron chi connectivity index (χ4n) is 1.92. The Morgan fingerprint density at radius 1 is 1.35 bits per heavy atom. The third-order valence-corrected chi connectivity index (χ3v) is 2.76. The molecule has 0 bridgehead atoms. The van der Waals surface area contributed by atoms with Gasteiger partial charge in [-0.15, -0.1) is 0 Å². The largest absolute Gasteiger partial charge is 0.459 e. The molecule has 0 radical (unpaired) electrons. The molecule has 0 aromatic rings. The van der Waals surface area contributed by atoms with Gasteiger partial charge in [-0.2, -0.15) is 0 Å². The lowest BCUT2D eigenvalue weighted by molar-refractivity contribution is -0.162. The molecule has 1 aliphatic rings. The summed E-state index contributed by atoms with van der Waals surface area (Å²) in [5, 5.41) is 2.51. The maximum absolute atomic E-state index is 11.8. The molecule has 0 saturated carbocycles. The summed E-state index contributed by atoms with van der Waals surface area (Å²) in [4.78, 5) is 36.1. The van der Waals surface area contributed by atoms with Gasteiger partial charge in [0.2, 0.25) is 5.91 Å².